The average molecular weight is 383 g/mol. The summed E-state index contributed by atoms with van der Waals surface area (Å²) in [5.74, 6) is 0.0220. The van der Waals surface area contributed by atoms with Crippen LogP contribution in [0.15, 0.2) is 24.5 Å². The van der Waals surface area contributed by atoms with Crippen molar-refractivity contribution < 1.29 is 13.2 Å². The van der Waals surface area contributed by atoms with Crippen molar-refractivity contribution in [2.24, 2.45) is 5.92 Å². The summed E-state index contributed by atoms with van der Waals surface area (Å²) in [6, 6.07) is 3.39. The molecular weight excluding hydrogens is 364 g/mol. The Labute approximate surface area is 151 Å². The van der Waals surface area contributed by atoms with E-state index in [0.29, 0.717) is 36.0 Å². The largest absolute Gasteiger partial charge is 0.333 e. The molecule has 0 saturated carbocycles. The van der Waals surface area contributed by atoms with E-state index in [1.54, 1.807) is 33.8 Å². The van der Waals surface area contributed by atoms with Gasteiger partial charge in [-0.25, -0.2) is 13.4 Å². The maximum absolute atomic E-state index is 13.0. The summed E-state index contributed by atoms with van der Waals surface area (Å²) in [6.45, 7) is 1.42. The first-order valence-electron chi connectivity index (χ1n) is 8.21. The minimum absolute atomic E-state index is 0.102. The third kappa shape index (κ3) is 3.14. The van der Waals surface area contributed by atoms with Gasteiger partial charge in [-0.1, -0.05) is 11.6 Å². The summed E-state index contributed by atoms with van der Waals surface area (Å²) in [7, 11) is -3.25. The first-order valence-corrected chi connectivity index (χ1v) is 10.4. The van der Waals surface area contributed by atoms with Gasteiger partial charge >= 0.3 is 0 Å². The molecule has 3 fully saturated rings. The highest BCUT2D eigenvalue weighted by Crippen LogP contribution is 2.30. The molecule has 2 bridgehead atoms. The van der Waals surface area contributed by atoms with Crippen LogP contribution in [0.2, 0.25) is 5.02 Å². The number of fused-ring (bicyclic) bond motifs is 5. The van der Waals surface area contributed by atoms with E-state index in [4.69, 9.17) is 11.6 Å². The third-order valence-corrected chi connectivity index (χ3v) is 6.50. The molecule has 0 N–H and O–H groups in total. The Balaban J connectivity index is 1.63. The highest BCUT2D eigenvalue weighted by molar-refractivity contribution is 7.88. The molecule has 0 radical (unpaired) electrons. The molecule has 1 amide bonds. The number of sulfonamides is 1. The zero-order chi connectivity index (χ0) is 17.8. The van der Waals surface area contributed by atoms with Crippen LogP contribution in [0.1, 0.15) is 23.3 Å². The highest BCUT2D eigenvalue weighted by Gasteiger charge is 2.40. The second kappa shape index (κ2) is 5.96. The average Bonchev–Trinajstić information content (AvgIpc) is 2.74. The number of imidazole rings is 1. The van der Waals surface area contributed by atoms with Gasteiger partial charge in [-0.3, -0.25) is 4.79 Å². The van der Waals surface area contributed by atoms with Gasteiger partial charge in [0.1, 0.15) is 11.3 Å². The summed E-state index contributed by atoms with van der Waals surface area (Å²) in [4.78, 5) is 19.2. The number of halogens is 1. The zero-order valence-corrected chi connectivity index (χ0v) is 15.4. The number of hydrogen-bond acceptors (Lipinski definition) is 4. The van der Waals surface area contributed by atoms with Gasteiger partial charge in [0, 0.05) is 38.1 Å². The van der Waals surface area contributed by atoms with E-state index in [1.165, 1.54) is 10.6 Å². The lowest BCUT2D eigenvalue weighted by molar-refractivity contribution is 0.0583. The number of amides is 1. The van der Waals surface area contributed by atoms with Crippen LogP contribution < -0.4 is 0 Å². The zero-order valence-electron chi connectivity index (χ0n) is 13.8. The minimum atomic E-state index is -3.25. The van der Waals surface area contributed by atoms with Crippen LogP contribution in [0.5, 0.6) is 0 Å². The molecule has 3 aliphatic heterocycles. The molecule has 7 nitrogen and oxygen atoms in total. The first-order chi connectivity index (χ1) is 11.8. The molecule has 2 aromatic heterocycles. The number of nitrogens with zero attached hydrogens (tertiary/aromatic N) is 4. The van der Waals surface area contributed by atoms with Crippen molar-refractivity contribution in [1.29, 1.82) is 0 Å². The fourth-order valence-electron chi connectivity index (χ4n) is 3.77. The highest BCUT2D eigenvalue weighted by atomic mass is 35.5. The van der Waals surface area contributed by atoms with Crippen molar-refractivity contribution in [3.63, 3.8) is 0 Å². The number of piperidine rings is 1. The maximum Gasteiger partial charge on any atom is 0.274 e. The maximum atomic E-state index is 13.0. The van der Waals surface area contributed by atoms with E-state index < -0.39 is 10.0 Å². The van der Waals surface area contributed by atoms with Crippen LogP contribution in [-0.2, 0) is 10.0 Å². The van der Waals surface area contributed by atoms with Gasteiger partial charge in [-0.2, -0.15) is 4.31 Å². The molecule has 0 spiro atoms. The molecule has 5 heterocycles. The van der Waals surface area contributed by atoms with Crippen LogP contribution >= 0.6 is 11.6 Å². The number of pyridine rings is 1. The summed E-state index contributed by atoms with van der Waals surface area (Å²) >= 11 is 5.98. The molecular formula is C16H19ClN4O3S. The molecule has 0 unspecified atom stereocenters. The first kappa shape index (κ1) is 16.8. The van der Waals surface area contributed by atoms with E-state index in [-0.39, 0.29) is 17.9 Å². The Morgan fingerprint density at radius 2 is 2.00 bits per heavy atom. The molecule has 0 aromatic carbocycles. The van der Waals surface area contributed by atoms with Crippen molar-refractivity contribution in [3.8, 4) is 0 Å². The number of rotatable bonds is 2. The Morgan fingerprint density at radius 3 is 2.76 bits per heavy atom. The SMILES string of the molecule is CS(=O)(=O)N1C[C@@H]2CC[C@H](C1)N(C(=O)c1cn3cc(Cl)ccc3n1)C2. The van der Waals surface area contributed by atoms with Crippen molar-refractivity contribution in [1.82, 2.24) is 18.6 Å². The number of hydrogen-bond donors (Lipinski definition) is 0. The predicted octanol–water partition coefficient (Wildman–Crippen LogP) is 1.48. The van der Waals surface area contributed by atoms with Gasteiger partial charge in [0.25, 0.3) is 5.91 Å². The molecule has 0 aliphatic carbocycles. The Morgan fingerprint density at radius 1 is 1.20 bits per heavy atom. The monoisotopic (exact) mass is 382 g/mol. The smallest absolute Gasteiger partial charge is 0.274 e. The summed E-state index contributed by atoms with van der Waals surface area (Å²) < 4.78 is 27.1. The van der Waals surface area contributed by atoms with Crippen molar-refractivity contribution in [2.75, 3.05) is 25.9 Å². The van der Waals surface area contributed by atoms with E-state index in [2.05, 4.69) is 4.98 Å². The van der Waals surface area contributed by atoms with E-state index in [1.807, 2.05) is 0 Å². The molecule has 25 heavy (non-hydrogen) atoms. The van der Waals surface area contributed by atoms with Gasteiger partial charge in [0.2, 0.25) is 10.0 Å². The lowest BCUT2D eigenvalue weighted by atomic mass is 9.95. The normalized spacial score (nSPS) is 24.6. The quantitative estimate of drug-likeness (QED) is 0.788. The Bertz CT molecular complexity index is 942. The number of aromatic nitrogens is 2. The van der Waals surface area contributed by atoms with Crippen LogP contribution in [0, 0.1) is 5.92 Å². The van der Waals surface area contributed by atoms with E-state index in [0.717, 1.165) is 12.8 Å². The fourth-order valence-corrected chi connectivity index (χ4v) is 4.87. The Kier molecular flexibility index (Phi) is 4.01. The topological polar surface area (TPSA) is 75.0 Å². The summed E-state index contributed by atoms with van der Waals surface area (Å²) in [5, 5.41) is 0.571. The summed E-state index contributed by atoms with van der Waals surface area (Å²) in [6.07, 6.45) is 6.38. The second-order valence-corrected chi connectivity index (χ2v) is 9.29. The third-order valence-electron chi connectivity index (χ3n) is 5.04. The molecule has 2 atom stereocenters. The van der Waals surface area contributed by atoms with Gasteiger partial charge in [0.15, 0.2) is 0 Å². The van der Waals surface area contributed by atoms with Crippen molar-refractivity contribution in [2.45, 2.75) is 18.9 Å². The fraction of sp³-hybridized carbons (Fsp3) is 0.500. The van der Waals surface area contributed by atoms with Crippen LogP contribution in [-0.4, -0.2) is 64.8 Å². The molecule has 3 saturated heterocycles. The predicted molar refractivity (Wildman–Crippen MR) is 94.2 cm³/mol. The van der Waals surface area contributed by atoms with Gasteiger partial charge in [-0.05, 0) is 30.9 Å². The molecule has 3 aliphatic rings. The van der Waals surface area contributed by atoms with Gasteiger partial charge in [0.05, 0.1) is 11.3 Å². The van der Waals surface area contributed by atoms with E-state index in [9.17, 15) is 13.2 Å². The van der Waals surface area contributed by atoms with Crippen LogP contribution in [0.3, 0.4) is 0 Å². The van der Waals surface area contributed by atoms with Gasteiger partial charge < -0.3 is 9.30 Å². The number of carbonyl (C=O) groups excluding carboxylic acids is 1. The molecule has 2 aromatic rings. The second-order valence-electron chi connectivity index (χ2n) is 6.87. The van der Waals surface area contributed by atoms with Crippen molar-refractivity contribution >= 4 is 33.2 Å². The lowest BCUT2D eigenvalue weighted by Gasteiger charge is -2.35. The standard InChI is InChI=1S/C16H19ClN4O3S/c1-25(23,24)20-6-11-2-4-13(9-20)21(7-11)16(22)14-10-19-8-12(17)3-5-15(19)18-14/h3,5,8,10-11,13H,2,4,6-7,9H2,1H3/t11-,13+/m0/s1. The van der Waals surface area contributed by atoms with Crippen LogP contribution in [0.25, 0.3) is 5.65 Å². The van der Waals surface area contributed by atoms with Gasteiger partial charge in [-0.15, -0.1) is 0 Å². The van der Waals surface area contributed by atoms with Crippen molar-refractivity contribution in [3.05, 3.63) is 35.2 Å². The lowest BCUT2D eigenvalue weighted by Crippen LogP contribution is -2.47. The molecule has 9 heteroatoms. The number of carbonyl (C=O) groups is 1. The minimum Gasteiger partial charge on any atom is -0.333 e. The summed E-state index contributed by atoms with van der Waals surface area (Å²) in [5.41, 5.74) is 1.02. The van der Waals surface area contributed by atoms with E-state index >= 15 is 0 Å². The van der Waals surface area contributed by atoms with Crippen LogP contribution in [0.4, 0.5) is 0 Å². The molecule has 134 valence electrons. The Hall–Kier alpha value is -1.64. The molecule has 5 rings (SSSR count).